The summed E-state index contributed by atoms with van der Waals surface area (Å²) in [5.41, 5.74) is 0.659. The average molecular weight is 424 g/mol. The van der Waals surface area contributed by atoms with Crippen LogP contribution in [-0.4, -0.2) is 15.4 Å². The standard InChI is InChI=1S/C15H10BrN3O3S2/c1-2-7-18-10-8-9(19(21)22)3-4-11(10)24-15(18)17-14(20)12-5-6-13(16)23-12/h2-6,8H,1,7H2. The van der Waals surface area contributed by atoms with E-state index in [1.807, 2.05) is 0 Å². The van der Waals surface area contributed by atoms with E-state index >= 15 is 0 Å². The molecule has 2 aromatic heterocycles. The second kappa shape index (κ2) is 6.80. The molecule has 0 spiro atoms. The summed E-state index contributed by atoms with van der Waals surface area (Å²) < 4.78 is 3.42. The van der Waals surface area contributed by atoms with Gasteiger partial charge in [0, 0.05) is 18.7 Å². The number of nitrogens with zero attached hydrogens (tertiary/aromatic N) is 3. The smallest absolute Gasteiger partial charge is 0.289 e. The normalized spacial score (nSPS) is 11.8. The Hall–Kier alpha value is -2.10. The van der Waals surface area contributed by atoms with Crippen molar-refractivity contribution >= 4 is 60.4 Å². The number of fused-ring (bicyclic) bond motifs is 1. The highest BCUT2D eigenvalue weighted by Crippen LogP contribution is 2.24. The van der Waals surface area contributed by atoms with Crippen LogP contribution in [0.25, 0.3) is 10.2 Å². The van der Waals surface area contributed by atoms with Crippen LogP contribution in [0.3, 0.4) is 0 Å². The maximum Gasteiger partial charge on any atom is 0.289 e. The number of halogens is 1. The Morgan fingerprint density at radius 1 is 1.38 bits per heavy atom. The Morgan fingerprint density at radius 2 is 2.17 bits per heavy atom. The number of carbonyl (C=O) groups excluding carboxylic acids is 1. The van der Waals surface area contributed by atoms with Crippen LogP contribution in [0.15, 0.2) is 51.8 Å². The fraction of sp³-hybridized carbons (Fsp3) is 0.0667. The number of hydrogen-bond acceptors (Lipinski definition) is 5. The summed E-state index contributed by atoms with van der Waals surface area (Å²) in [5, 5.41) is 11.0. The van der Waals surface area contributed by atoms with E-state index in [1.54, 1.807) is 28.8 Å². The zero-order chi connectivity index (χ0) is 17.3. The predicted molar refractivity (Wildman–Crippen MR) is 98.6 cm³/mol. The number of allylic oxidation sites excluding steroid dienone is 1. The molecule has 0 aliphatic carbocycles. The molecule has 122 valence electrons. The van der Waals surface area contributed by atoms with Crippen molar-refractivity contribution in [3.05, 3.63) is 66.6 Å². The van der Waals surface area contributed by atoms with Crippen molar-refractivity contribution in [2.75, 3.05) is 0 Å². The molecule has 0 fully saturated rings. The Labute approximate surface area is 152 Å². The molecule has 0 bridgehead atoms. The van der Waals surface area contributed by atoms with Gasteiger partial charge in [0.2, 0.25) is 0 Å². The fourth-order valence-corrected chi connectivity index (χ4v) is 4.42. The van der Waals surface area contributed by atoms with Gasteiger partial charge in [-0.3, -0.25) is 14.9 Å². The number of thiophene rings is 1. The first-order valence-electron chi connectivity index (χ1n) is 6.72. The third-order valence-corrected chi connectivity index (χ3v) is 5.84. The Morgan fingerprint density at radius 3 is 2.79 bits per heavy atom. The van der Waals surface area contributed by atoms with Crippen molar-refractivity contribution in [1.82, 2.24) is 4.57 Å². The van der Waals surface area contributed by atoms with Crippen LogP contribution in [0, 0.1) is 10.1 Å². The van der Waals surface area contributed by atoms with Crippen LogP contribution in [0.5, 0.6) is 0 Å². The highest BCUT2D eigenvalue weighted by atomic mass is 79.9. The lowest BCUT2D eigenvalue weighted by atomic mass is 10.3. The van der Waals surface area contributed by atoms with E-state index < -0.39 is 4.92 Å². The zero-order valence-electron chi connectivity index (χ0n) is 12.1. The molecule has 0 radical (unpaired) electrons. The number of hydrogen-bond donors (Lipinski definition) is 0. The molecule has 1 aromatic carbocycles. The van der Waals surface area contributed by atoms with Gasteiger partial charge >= 0.3 is 0 Å². The van der Waals surface area contributed by atoms with Gasteiger partial charge in [0.1, 0.15) is 0 Å². The minimum atomic E-state index is -0.444. The number of amides is 1. The molecular formula is C15H10BrN3O3S2. The Bertz CT molecular complexity index is 1030. The van der Waals surface area contributed by atoms with Crippen molar-refractivity contribution in [2.45, 2.75) is 6.54 Å². The molecule has 3 rings (SSSR count). The summed E-state index contributed by atoms with van der Waals surface area (Å²) in [6, 6.07) is 8.10. The van der Waals surface area contributed by atoms with Crippen LogP contribution < -0.4 is 4.80 Å². The number of nitro groups is 1. The number of non-ortho nitro benzene ring substituents is 1. The molecule has 3 aromatic rings. The topological polar surface area (TPSA) is 77.5 Å². The summed E-state index contributed by atoms with van der Waals surface area (Å²) in [6.07, 6.45) is 1.66. The monoisotopic (exact) mass is 423 g/mol. The number of thiazole rings is 1. The number of aromatic nitrogens is 1. The van der Waals surface area contributed by atoms with Crippen LogP contribution >= 0.6 is 38.6 Å². The molecule has 24 heavy (non-hydrogen) atoms. The minimum absolute atomic E-state index is 0.00169. The van der Waals surface area contributed by atoms with E-state index in [1.165, 1.54) is 34.8 Å². The molecule has 2 heterocycles. The van der Waals surface area contributed by atoms with Gasteiger partial charge in [-0.25, -0.2) is 0 Å². The molecule has 0 aliphatic rings. The molecule has 0 atom stereocenters. The predicted octanol–water partition coefficient (Wildman–Crippen LogP) is 4.36. The second-order valence-corrected chi connectivity index (χ2v) is 8.19. The lowest BCUT2D eigenvalue weighted by Crippen LogP contribution is -2.16. The minimum Gasteiger partial charge on any atom is -0.312 e. The Balaban J connectivity index is 2.17. The van der Waals surface area contributed by atoms with Gasteiger partial charge < -0.3 is 4.57 Å². The highest BCUT2D eigenvalue weighted by Gasteiger charge is 2.13. The van der Waals surface area contributed by atoms with E-state index in [4.69, 9.17) is 0 Å². The SMILES string of the molecule is C=CCn1c(=NC(=O)c2ccc(Br)s2)sc2ccc([N+](=O)[O-])cc21. The van der Waals surface area contributed by atoms with E-state index in [0.29, 0.717) is 21.7 Å². The van der Waals surface area contributed by atoms with Crippen molar-refractivity contribution in [3.8, 4) is 0 Å². The van der Waals surface area contributed by atoms with Gasteiger partial charge in [-0.1, -0.05) is 17.4 Å². The van der Waals surface area contributed by atoms with E-state index in [-0.39, 0.29) is 11.6 Å². The summed E-state index contributed by atoms with van der Waals surface area (Å²) in [5.74, 6) is -0.343. The quantitative estimate of drug-likeness (QED) is 0.355. The van der Waals surface area contributed by atoms with Gasteiger partial charge in [-0.05, 0) is 34.1 Å². The first-order chi connectivity index (χ1) is 11.5. The van der Waals surface area contributed by atoms with Crippen molar-refractivity contribution in [2.24, 2.45) is 4.99 Å². The second-order valence-electron chi connectivity index (χ2n) is 4.71. The molecule has 6 nitrogen and oxygen atoms in total. The average Bonchev–Trinajstić information content (AvgIpc) is 3.12. The number of rotatable bonds is 4. The van der Waals surface area contributed by atoms with E-state index in [9.17, 15) is 14.9 Å². The van der Waals surface area contributed by atoms with Crippen LogP contribution in [0.1, 0.15) is 9.67 Å². The lowest BCUT2D eigenvalue weighted by molar-refractivity contribution is -0.384. The fourth-order valence-electron chi connectivity index (χ4n) is 2.13. The van der Waals surface area contributed by atoms with Gasteiger partial charge in [-0.15, -0.1) is 17.9 Å². The summed E-state index contributed by atoms with van der Waals surface area (Å²) in [6.45, 7) is 4.11. The first-order valence-corrected chi connectivity index (χ1v) is 9.15. The third kappa shape index (κ3) is 3.23. The van der Waals surface area contributed by atoms with Crippen LogP contribution in [0.2, 0.25) is 0 Å². The zero-order valence-corrected chi connectivity index (χ0v) is 15.4. The molecule has 0 aliphatic heterocycles. The van der Waals surface area contributed by atoms with Gasteiger partial charge in [0.05, 0.1) is 23.8 Å². The molecule has 0 saturated carbocycles. The van der Waals surface area contributed by atoms with Gasteiger partial charge in [-0.2, -0.15) is 4.99 Å². The molecule has 0 unspecified atom stereocenters. The highest BCUT2D eigenvalue weighted by molar-refractivity contribution is 9.11. The Kier molecular flexibility index (Phi) is 4.74. The van der Waals surface area contributed by atoms with E-state index in [2.05, 4.69) is 27.5 Å². The van der Waals surface area contributed by atoms with Crippen molar-refractivity contribution < 1.29 is 9.72 Å². The summed E-state index contributed by atoms with van der Waals surface area (Å²) in [7, 11) is 0. The van der Waals surface area contributed by atoms with E-state index in [0.717, 1.165) is 8.49 Å². The largest absolute Gasteiger partial charge is 0.312 e. The van der Waals surface area contributed by atoms with Gasteiger partial charge in [0.25, 0.3) is 11.6 Å². The maximum atomic E-state index is 12.3. The number of nitro benzene ring substituents is 1. The van der Waals surface area contributed by atoms with Crippen molar-refractivity contribution in [1.29, 1.82) is 0 Å². The molecule has 1 amide bonds. The molecule has 0 saturated heterocycles. The summed E-state index contributed by atoms with van der Waals surface area (Å²) in [4.78, 5) is 28.1. The van der Waals surface area contributed by atoms with Crippen LogP contribution in [0.4, 0.5) is 5.69 Å². The van der Waals surface area contributed by atoms with Crippen LogP contribution in [-0.2, 0) is 6.54 Å². The van der Waals surface area contributed by atoms with Crippen molar-refractivity contribution in [3.63, 3.8) is 0 Å². The molecule has 9 heteroatoms. The third-order valence-electron chi connectivity index (χ3n) is 3.17. The van der Waals surface area contributed by atoms with Gasteiger partial charge in [0.15, 0.2) is 4.80 Å². The summed E-state index contributed by atoms with van der Waals surface area (Å²) >= 11 is 5.94. The first kappa shape index (κ1) is 16.7. The molecular weight excluding hydrogens is 414 g/mol. The number of carbonyl (C=O) groups is 1. The lowest BCUT2D eigenvalue weighted by Gasteiger charge is -2.00. The maximum absolute atomic E-state index is 12.3. The molecule has 0 N–H and O–H groups in total. The number of benzene rings is 1.